The van der Waals surface area contributed by atoms with E-state index >= 15 is 0 Å². The molecule has 3 aromatic rings. The molecule has 0 spiro atoms. The Bertz CT molecular complexity index is 818. The number of nitrogens with one attached hydrogen (secondary N) is 1. The van der Waals surface area contributed by atoms with Crippen LogP contribution in [0.5, 0.6) is 0 Å². The third-order valence-corrected chi connectivity index (χ3v) is 6.26. The van der Waals surface area contributed by atoms with Crippen LogP contribution in [0.25, 0.3) is 10.2 Å². The summed E-state index contributed by atoms with van der Waals surface area (Å²) in [4.78, 5) is 20.8. The number of nitrogens with zero attached hydrogens (tertiary/aromatic N) is 2. The van der Waals surface area contributed by atoms with E-state index in [1.807, 2.05) is 17.4 Å². The van der Waals surface area contributed by atoms with Crippen LogP contribution in [0.3, 0.4) is 0 Å². The van der Waals surface area contributed by atoms with Gasteiger partial charge in [-0.1, -0.05) is 12.1 Å². The number of amides is 1. The van der Waals surface area contributed by atoms with Crippen molar-refractivity contribution >= 4 is 27.5 Å². The summed E-state index contributed by atoms with van der Waals surface area (Å²) in [6, 6.07) is 8.64. The molecule has 1 aromatic carbocycles. The lowest BCUT2D eigenvalue weighted by Gasteiger charge is -2.28. The molecule has 4 rings (SSSR count). The van der Waals surface area contributed by atoms with Gasteiger partial charge < -0.3 is 9.73 Å². The zero-order valence-electron chi connectivity index (χ0n) is 14.7. The van der Waals surface area contributed by atoms with E-state index in [1.165, 1.54) is 16.1 Å². The maximum absolute atomic E-state index is 12.1. The monoisotopic (exact) mass is 369 g/mol. The van der Waals surface area contributed by atoms with E-state index in [4.69, 9.17) is 9.40 Å². The summed E-state index contributed by atoms with van der Waals surface area (Å²) >= 11 is 1.82. The molecule has 136 valence electrons. The van der Waals surface area contributed by atoms with Gasteiger partial charge in [0.25, 0.3) is 0 Å². The molecule has 1 N–H and O–H groups in total. The minimum Gasteiger partial charge on any atom is -0.449 e. The number of rotatable bonds is 6. The zero-order valence-corrected chi connectivity index (χ0v) is 15.5. The van der Waals surface area contributed by atoms with Crippen molar-refractivity contribution in [3.05, 3.63) is 47.6 Å². The fourth-order valence-corrected chi connectivity index (χ4v) is 4.77. The van der Waals surface area contributed by atoms with Crippen molar-refractivity contribution in [2.75, 3.05) is 0 Å². The molecule has 6 heteroatoms. The van der Waals surface area contributed by atoms with E-state index in [9.17, 15) is 4.79 Å². The Kier molecular flexibility index (Phi) is 5.29. The van der Waals surface area contributed by atoms with Crippen LogP contribution in [0.15, 0.2) is 41.3 Å². The Hall–Kier alpha value is -2.21. The lowest BCUT2D eigenvalue weighted by Crippen LogP contribution is -2.37. The third-order valence-electron chi connectivity index (χ3n) is 5.06. The van der Waals surface area contributed by atoms with Crippen LogP contribution in [0, 0.1) is 0 Å². The maximum atomic E-state index is 12.1. The average molecular weight is 369 g/mol. The predicted octanol–water partition coefficient (Wildman–Crippen LogP) is 4.45. The number of carbonyl (C=O) groups is 1. The van der Waals surface area contributed by atoms with Gasteiger partial charge in [-0.05, 0) is 44.2 Å². The molecule has 2 heterocycles. The summed E-state index contributed by atoms with van der Waals surface area (Å²) in [6.07, 6.45) is 9.51. The van der Waals surface area contributed by atoms with Gasteiger partial charge in [0.2, 0.25) is 5.91 Å². The highest BCUT2D eigenvalue weighted by Crippen LogP contribution is 2.36. The summed E-state index contributed by atoms with van der Waals surface area (Å²) < 4.78 is 6.46. The number of benzene rings is 1. The molecule has 1 aliphatic carbocycles. The van der Waals surface area contributed by atoms with E-state index in [0.717, 1.165) is 49.8 Å². The second kappa shape index (κ2) is 7.99. The van der Waals surface area contributed by atoms with Crippen molar-refractivity contribution in [3.8, 4) is 0 Å². The highest BCUT2D eigenvalue weighted by atomic mass is 32.1. The first-order chi connectivity index (χ1) is 12.8. The fraction of sp³-hybridized carbons (Fsp3) is 0.450. The van der Waals surface area contributed by atoms with E-state index in [2.05, 4.69) is 28.5 Å². The van der Waals surface area contributed by atoms with E-state index in [0.29, 0.717) is 18.4 Å². The van der Waals surface area contributed by atoms with Crippen LogP contribution in [-0.4, -0.2) is 21.9 Å². The number of hydrogen-bond donors (Lipinski definition) is 1. The largest absolute Gasteiger partial charge is 0.449 e. The molecule has 26 heavy (non-hydrogen) atoms. The number of thiazole rings is 1. The number of hydrogen-bond acceptors (Lipinski definition) is 5. The Morgan fingerprint density at radius 3 is 2.85 bits per heavy atom. The van der Waals surface area contributed by atoms with Gasteiger partial charge in [-0.2, -0.15) is 0 Å². The van der Waals surface area contributed by atoms with E-state index in [1.54, 1.807) is 6.20 Å². The highest BCUT2D eigenvalue weighted by Gasteiger charge is 2.25. The molecule has 1 saturated carbocycles. The van der Waals surface area contributed by atoms with Crippen molar-refractivity contribution in [1.82, 2.24) is 15.3 Å². The maximum Gasteiger partial charge on any atom is 0.220 e. The molecule has 2 aromatic heterocycles. The average Bonchev–Trinajstić information content (AvgIpc) is 3.31. The summed E-state index contributed by atoms with van der Waals surface area (Å²) in [6.45, 7) is 0. The molecule has 1 fully saturated rings. The highest BCUT2D eigenvalue weighted by molar-refractivity contribution is 7.18. The van der Waals surface area contributed by atoms with Crippen LogP contribution < -0.4 is 5.32 Å². The molecule has 0 unspecified atom stereocenters. The number of carbonyl (C=O) groups excluding carboxylic acids is 1. The van der Waals surface area contributed by atoms with Crippen molar-refractivity contribution < 1.29 is 9.21 Å². The van der Waals surface area contributed by atoms with Crippen LogP contribution >= 0.6 is 11.3 Å². The first-order valence-electron chi connectivity index (χ1n) is 9.30. The van der Waals surface area contributed by atoms with Crippen molar-refractivity contribution in [3.63, 3.8) is 0 Å². The topological polar surface area (TPSA) is 68.0 Å². The van der Waals surface area contributed by atoms with Gasteiger partial charge in [-0.3, -0.25) is 4.79 Å². The molecule has 0 atom stereocenters. The van der Waals surface area contributed by atoms with Gasteiger partial charge in [0.1, 0.15) is 5.76 Å². The first-order valence-corrected chi connectivity index (χ1v) is 10.1. The van der Waals surface area contributed by atoms with Crippen molar-refractivity contribution in [2.24, 2.45) is 0 Å². The van der Waals surface area contributed by atoms with Gasteiger partial charge in [-0.15, -0.1) is 11.3 Å². The zero-order chi connectivity index (χ0) is 17.8. The second-order valence-corrected chi connectivity index (χ2v) is 8.02. The standard InChI is InChI=1S/C20H23N3O2S/c24-19(7-3-4-16-12-21-13-25-16)22-15-10-8-14(9-11-15)20-23-17-5-1-2-6-18(17)26-20/h1-2,5-6,12-15H,3-4,7-11H2,(H,22,24). The minimum absolute atomic E-state index is 0.146. The van der Waals surface area contributed by atoms with Gasteiger partial charge in [-0.25, -0.2) is 9.97 Å². The number of aromatic nitrogens is 2. The molecule has 5 nitrogen and oxygen atoms in total. The molecular formula is C20H23N3O2S. The molecule has 0 saturated heterocycles. The smallest absolute Gasteiger partial charge is 0.220 e. The minimum atomic E-state index is 0.146. The SMILES string of the molecule is O=C(CCCc1cnco1)NC1CCC(c2nc3ccccc3s2)CC1. The number of fused-ring (bicyclic) bond motifs is 1. The van der Waals surface area contributed by atoms with Crippen LogP contribution in [-0.2, 0) is 11.2 Å². The fourth-order valence-electron chi connectivity index (χ4n) is 3.64. The molecule has 1 amide bonds. The molecular weight excluding hydrogens is 346 g/mol. The van der Waals surface area contributed by atoms with Crippen molar-refractivity contribution in [2.45, 2.75) is 56.9 Å². The summed E-state index contributed by atoms with van der Waals surface area (Å²) in [5.74, 6) is 1.52. The lowest BCUT2D eigenvalue weighted by molar-refractivity contribution is -0.122. The van der Waals surface area contributed by atoms with Gasteiger partial charge in [0.05, 0.1) is 21.4 Å². The Labute approximate surface area is 156 Å². The first kappa shape index (κ1) is 17.2. The molecule has 0 aliphatic heterocycles. The summed E-state index contributed by atoms with van der Waals surface area (Å²) in [7, 11) is 0. The summed E-state index contributed by atoms with van der Waals surface area (Å²) in [5, 5.41) is 4.45. The normalized spacial score (nSPS) is 20.3. The van der Waals surface area contributed by atoms with Crippen LogP contribution in [0.2, 0.25) is 0 Å². The van der Waals surface area contributed by atoms with Crippen LogP contribution in [0.4, 0.5) is 0 Å². The Balaban J connectivity index is 1.22. The Morgan fingerprint density at radius 2 is 2.08 bits per heavy atom. The number of aryl methyl sites for hydroxylation is 1. The second-order valence-electron chi connectivity index (χ2n) is 6.96. The molecule has 0 bridgehead atoms. The van der Waals surface area contributed by atoms with Crippen LogP contribution in [0.1, 0.15) is 55.2 Å². The van der Waals surface area contributed by atoms with E-state index < -0.39 is 0 Å². The third kappa shape index (κ3) is 4.12. The predicted molar refractivity (Wildman–Crippen MR) is 102 cm³/mol. The van der Waals surface area contributed by atoms with E-state index in [-0.39, 0.29) is 5.91 Å². The van der Waals surface area contributed by atoms with Gasteiger partial charge in [0, 0.05) is 24.8 Å². The molecule has 0 radical (unpaired) electrons. The van der Waals surface area contributed by atoms with Gasteiger partial charge in [0.15, 0.2) is 6.39 Å². The Morgan fingerprint density at radius 1 is 1.23 bits per heavy atom. The quantitative estimate of drug-likeness (QED) is 0.697. The lowest BCUT2D eigenvalue weighted by atomic mass is 9.86. The summed E-state index contributed by atoms with van der Waals surface area (Å²) in [5.41, 5.74) is 1.11. The number of oxazole rings is 1. The van der Waals surface area contributed by atoms with Crippen molar-refractivity contribution in [1.29, 1.82) is 0 Å². The number of para-hydroxylation sites is 1. The molecule has 1 aliphatic rings. The van der Waals surface area contributed by atoms with Gasteiger partial charge >= 0.3 is 0 Å².